The molecular formula is C19H39NO4. The summed E-state index contributed by atoms with van der Waals surface area (Å²) in [6, 6.07) is 0. The van der Waals surface area contributed by atoms with Crippen LogP contribution >= 0.6 is 0 Å². The molecule has 0 aliphatic heterocycles. The summed E-state index contributed by atoms with van der Waals surface area (Å²) in [6.45, 7) is 7.42. The number of aliphatic carboxylic acids is 1. The summed E-state index contributed by atoms with van der Waals surface area (Å²) in [6.07, 6.45) is 9.98. The van der Waals surface area contributed by atoms with Crippen LogP contribution < -0.4 is 10.4 Å². The quantitative estimate of drug-likeness (QED) is 0.323. The molecule has 0 aromatic carbocycles. The minimum absolute atomic E-state index is 0.313. The molecule has 24 heavy (non-hydrogen) atoms. The van der Waals surface area contributed by atoms with Gasteiger partial charge in [-0.2, -0.15) is 0 Å². The zero-order chi connectivity index (χ0) is 18.3. The third-order valence-corrected chi connectivity index (χ3v) is 4.61. The third-order valence-electron chi connectivity index (χ3n) is 4.61. The van der Waals surface area contributed by atoms with Gasteiger partial charge in [-0.25, -0.2) is 0 Å². The van der Waals surface area contributed by atoms with Gasteiger partial charge in [-0.05, 0) is 19.8 Å². The summed E-state index contributed by atoms with van der Waals surface area (Å²) in [5.41, 5.74) is -0.921. The summed E-state index contributed by atoms with van der Waals surface area (Å²) >= 11 is 0. The van der Waals surface area contributed by atoms with Crippen molar-refractivity contribution in [3.8, 4) is 0 Å². The lowest BCUT2D eigenvalue weighted by molar-refractivity contribution is -0.694. The average molecular weight is 346 g/mol. The molecule has 0 aromatic heterocycles. The van der Waals surface area contributed by atoms with Gasteiger partial charge in [0.1, 0.15) is 11.5 Å². The fourth-order valence-electron chi connectivity index (χ4n) is 2.48. The van der Waals surface area contributed by atoms with Crippen LogP contribution in [0.25, 0.3) is 0 Å². The highest BCUT2D eigenvalue weighted by atomic mass is 16.7. The number of hydrogen-bond acceptors (Lipinski definition) is 4. The van der Waals surface area contributed by atoms with Crippen LogP contribution in [0.2, 0.25) is 0 Å². The van der Waals surface area contributed by atoms with Crippen LogP contribution in [0.3, 0.4) is 0 Å². The van der Waals surface area contributed by atoms with Crippen LogP contribution in [0.15, 0.2) is 0 Å². The Kier molecular flexibility index (Phi) is 14.3. The lowest BCUT2D eigenvalue weighted by atomic mass is 9.96. The molecule has 0 aromatic rings. The Labute approximate surface area is 148 Å². The number of carbonyl (C=O) groups is 1. The van der Waals surface area contributed by atoms with Crippen molar-refractivity contribution >= 4 is 5.97 Å². The summed E-state index contributed by atoms with van der Waals surface area (Å²) in [5.74, 6) is -1.03. The van der Waals surface area contributed by atoms with Crippen LogP contribution in [-0.4, -0.2) is 38.1 Å². The largest absolute Gasteiger partial charge is 0.544 e. The minimum Gasteiger partial charge on any atom is -0.544 e. The van der Waals surface area contributed by atoms with Crippen molar-refractivity contribution < 1.29 is 24.7 Å². The number of unbranched alkanes of at least 4 members (excludes halogenated alkanes) is 6. The van der Waals surface area contributed by atoms with Crippen LogP contribution in [0.5, 0.6) is 0 Å². The van der Waals surface area contributed by atoms with Crippen molar-refractivity contribution in [1.82, 2.24) is 0 Å². The van der Waals surface area contributed by atoms with Gasteiger partial charge in [0.25, 0.3) is 0 Å². The molecule has 0 saturated heterocycles. The number of carboxylic acid groups (broad SMARTS) is 1. The van der Waals surface area contributed by atoms with Gasteiger partial charge in [-0.15, -0.1) is 0 Å². The topological polar surface area (TPSA) is 75.2 Å². The van der Waals surface area contributed by atoms with E-state index in [1.165, 1.54) is 38.5 Å². The third kappa shape index (κ3) is 11.0. The second-order valence-electron chi connectivity index (χ2n) is 6.82. The van der Waals surface area contributed by atoms with E-state index in [0.29, 0.717) is 26.1 Å². The minimum atomic E-state index is -1.03. The van der Waals surface area contributed by atoms with Crippen LogP contribution in [0.4, 0.5) is 0 Å². The Morgan fingerprint density at radius 3 is 1.88 bits per heavy atom. The Hall–Kier alpha value is -0.650. The van der Waals surface area contributed by atoms with E-state index in [2.05, 4.69) is 13.8 Å². The lowest BCUT2D eigenvalue weighted by Crippen LogP contribution is -2.96. The van der Waals surface area contributed by atoms with E-state index in [4.69, 9.17) is 9.47 Å². The van der Waals surface area contributed by atoms with Crippen molar-refractivity contribution in [3.05, 3.63) is 0 Å². The first-order chi connectivity index (χ1) is 11.5. The van der Waals surface area contributed by atoms with Crippen LogP contribution in [0.1, 0.15) is 85.0 Å². The summed E-state index contributed by atoms with van der Waals surface area (Å²) in [5, 5.41) is 13.0. The monoisotopic (exact) mass is 345 g/mol. The molecule has 0 aliphatic rings. The highest BCUT2D eigenvalue weighted by Crippen LogP contribution is 2.14. The lowest BCUT2D eigenvalue weighted by Gasteiger charge is -2.28. The molecule has 1 atom stereocenters. The molecule has 0 radical (unpaired) electrons. The molecule has 0 amide bonds. The standard InChI is InChI=1S/C19H39NO4/c1-5-7-9-11-15-23-17(24-16-12-10-8-6-2)13-14-19(3,20-4)18(21)22/h17,20H,5-16H2,1-4H3,(H,21,22). The van der Waals surface area contributed by atoms with E-state index in [0.717, 1.165) is 12.8 Å². The molecule has 144 valence electrons. The zero-order valence-electron chi connectivity index (χ0n) is 16.3. The molecule has 0 rings (SSSR count). The molecular weight excluding hydrogens is 306 g/mol. The van der Waals surface area contributed by atoms with Gasteiger partial charge in [0, 0.05) is 26.1 Å². The Bertz CT molecular complexity index is 298. The predicted octanol–water partition coefficient (Wildman–Crippen LogP) is 1.99. The van der Waals surface area contributed by atoms with Crippen molar-refractivity contribution in [1.29, 1.82) is 0 Å². The predicted molar refractivity (Wildman–Crippen MR) is 94.5 cm³/mol. The first kappa shape index (κ1) is 23.4. The Balaban J connectivity index is 4.26. The van der Waals surface area contributed by atoms with Crippen molar-refractivity contribution in [3.63, 3.8) is 0 Å². The summed E-state index contributed by atoms with van der Waals surface area (Å²) < 4.78 is 11.7. The molecule has 0 fully saturated rings. The number of likely N-dealkylation sites (N-methyl/N-ethyl adjacent to an activating group) is 1. The fourth-order valence-corrected chi connectivity index (χ4v) is 2.48. The highest BCUT2D eigenvalue weighted by Gasteiger charge is 2.29. The van der Waals surface area contributed by atoms with E-state index in [1.54, 1.807) is 19.3 Å². The van der Waals surface area contributed by atoms with Gasteiger partial charge in [-0.3, -0.25) is 0 Å². The normalized spacial score (nSPS) is 14.0. The van der Waals surface area contributed by atoms with Crippen molar-refractivity contribution in [2.45, 2.75) is 96.8 Å². The van der Waals surface area contributed by atoms with E-state index in [1.807, 2.05) is 0 Å². The van der Waals surface area contributed by atoms with Gasteiger partial charge in [0.15, 0.2) is 6.29 Å². The van der Waals surface area contributed by atoms with Crippen LogP contribution in [-0.2, 0) is 14.3 Å². The fraction of sp³-hybridized carbons (Fsp3) is 0.947. The maximum Gasteiger partial charge on any atom is 0.157 e. The summed E-state index contributed by atoms with van der Waals surface area (Å²) in [4.78, 5) is 11.3. The molecule has 0 bridgehead atoms. The maximum atomic E-state index is 11.3. The molecule has 5 nitrogen and oxygen atoms in total. The Morgan fingerprint density at radius 1 is 1.00 bits per heavy atom. The molecule has 5 heteroatoms. The molecule has 0 saturated carbocycles. The number of rotatable bonds is 17. The zero-order valence-corrected chi connectivity index (χ0v) is 16.3. The molecule has 1 unspecified atom stereocenters. The van der Waals surface area contributed by atoms with Gasteiger partial charge in [-0.1, -0.05) is 52.4 Å². The first-order valence-electron chi connectivity index (χ1n) is 9.75. The van der Waals surface area contributed by atoms with Gasteiger partial charge in [0.2, 0.25) is 0 Å². The van der Waals surface area contributed by atoms with E-state index >= 15 is 0 Å². The van der Waals surface area contributed by atoms with Crippen LogP contribution in [0, 0.1) is 0 Å². The van der Waals surface area contributed by atoms with Gasteiger partial charge < -0.3 is 24.7 Å². The van der Waals surface area contributed by atoms with E-state index in [9.17, 15) is 9.90 Å². The number of carboxylic acids is 1. The highest BCUT2D eigenvalue weighted by molar-refractivity contribution is 5.73. The van der Waals surface area contributed by atoms with Crippen molar-refractivity contribution in [2.75, 3.05) is 20.3 Å². The maximum absolute atomic E-state index is 11.3. The Morgan fingerprint density at radius 2 is 1.50 bits per heavy atom. The molecule has 2 N–H and O–H groups in total. The number of carbonyl (C=O) groups excluding carboxylic acids is 1. The summed E-state index contributed by atoms with van der Waals surface area (Å²) in [7, 11) is 1.77. The second-order valence-corrected chi connectivity index (χ2v) is 6.82. The second kappa shape index (κ2) is 14.7. The number of quaternary nitrogens is 1. The molecule has 0 aliphatic carbocycles. The number of hydrogen-bond donors (Lipinski definition) is 1. The van der Waals surface area contributed by atoms with Crippen molar-refractivity contribution in [2.24, 2.45) is 0 Å². The number of nitrogens with two attached hydrogens (primary N) is 1. The smallest absolute Gasteiger partial charge is 0.157 e. The van der Waals surface area contributed by atoms with Gasteiger partial charge >= 0.3 is 0 Å². The van der Waals surface area contributed by atoms with E-state index in [-0.39, 0.29) is 6.29 Å². The van der Waals surface area contributed by atoms with E-state index < -0.39 is 11.5 Å². The average Bonchev–Trinajstić information content (AvgIpc) is 2.57. The SMILES string of the molecule is CCCCCCOC(CCC(C)([NH2+]C)C(=O)[O-])OCCCCCC. The van der Waals surface area contributed by atoms with Gasteiger partial charge in [0.05, 0.1) is 7.05 Å². The molecule has 0 spiro atoms. The first-order valence-corrected chi connectivity index (χ1v) is 9.75. The molecule has 0 heterocycles. The number of ether oxygens (including phenoxy) is 2.